The number of para-hydroxylation sites is 1. The van der Waals surface area contributed by atoms with Crippen LogP contribution in [0.3, 0.4) is 0 Å². The van der Waals surface area contributed by atoms with Crippen LogP contribution in [0.15, 0.2) is 77.2 Å². The number of ketones is 1. The fourth-order valence-electron chi connectivity index (χ4n) is 3.68. The van der Waals surface area contributed by atoms with Gasteiger partial charge in [-0.2, -0.15) is 0 Å². The number of benzene rings is 3. The van der Waals surface area contributed by atoms with Gasteiger partial charge in [0, 0.05) is 28.7 Å². The molecule has 0 atom stereocenters. The number of carbonyl (C=O) groups is 1. The molecule has 30 heavy (non-hydrogen) atoms. The summed E-state index contributed by atoms with van der Waals surface area (Å²) in [5, 5.41) is 4.27. The first-order chi connectivity index (χ1) is 14.7. The number of rotatable bonds is 7. The molecule has 4 aromatic rings. The van der Waals surface area contributed by atoms with Crippen LogP contribution in [0.5, 0.6) is 5.75 Å². The van der Waals surface area contributed by atoms with Crippen LogP contribution in [-0.2, 0) is 0 Å². The van der Waals surface area contributed by atoms with Crippen molar-refractivity contribution in [2.24, 2.45) is 5.92 Å². The summed E-state index contributed by atoms with van der Waals surface area (Å²) in [6, 6.07) is 23.0. The number of methoxy groups -OCH3 is 1. The monoisotopic (exact) mass is 397 g/mol. The Morgan fingerprint density at radius 2 is 1.73 bits per heavy atom. The molecule has 1 heterocycles. The summed E-state index contributed by atoms with van der Waals surface area (Å²) in [6.45, 7) is 1.00. The Hall–Kier alpha value is -3.53. The highest BCUT2D eigenvalue weighted by molar-refractivity contribution is 6.19. The number of hydrogen-bond acceptors (Lipinski definition) is 4. The van der Waals surface area contributed by atoms with Crippen molar-refractivity contribution < 1.29 is 13.9 Å². The molecule has 4 nitrogen and oxygen atoms in total. The van der Waals surface area contributed by atoms with Crippen LogP contribution in [0.2, 0.25) is 0 Å². The Balaban J connectivity index is 1.52. The van der Waals surface area contributed by atoms with Crippen LogP contribution in [0.25, 0.3) is 22.3 Å². The molecule has 1 N–H and O–H groups in total. The Labute approximate surface area is 175 Å². The van der Waals surface area contributed by atoms with E-state index in [1.54, 1.807) is 7.11 Å². The maximum Gasteiger partial charge on any atom is 0.197 e. The molecule has 1 aliphatic carbocycles. The van der Waals surface area contributed by atoms with E-state index in [1.165, 1.54) is 12.8 Å². The summed E-state index contributed by atoms with van der Waals surface area (Å²) in [4.78, 5) is 13.5. The van der Waals surface area contributed by atoms with Crippen molar-refractivity contribution in [1.82, 2.24) is 0 Å². The SMILES string of the molecule is COc1ccc(-c2oc3ccccc3c2C(=O)c2ccc(NCC3CC3)cc2)cc1. The second kappa shape index (κ2) is 7.71. The number of hydrogen-bond donors (Lipinski definition) is 1. The molecule has 4 heteroatoms. The summed E-state index contributed by atoms with van der Waals surface area (Å²) in [6.07, 6.45) is 2.62. The second-order valence-corrected chi connectivity index (χ2v) is 7.76. The van der Waals surface area contributed by atoms with Gasteiger partial charge in [-0.15, -0.1) is 0 Å². The Bertz CT molecular complexity index is 1190. The van der Waals surface area contributed by atoms with Gasteiger partial charge in [0.25, 0.3) is 0 Å². The molecule has 0 radical (unpaired) electrons. The molecule has 5 rings (SSSR count). The van der Waals surface area contributed by atoms with Crippen LogP contribution < -0.4 is 10.1 Å². The van der Waals surface area contributed by atoms with Crippen molar-refractivity contribution in [3.63, 3.8) is 0 Å². The molecule has 0 bridgehead atoms. The van der Waals surface area contributed by atoms with E-state index in [-0.39, 0.29) is 5.78 Å². The van der Waals surface area contributed by atoms with Gasteiger partial charge in [0.2, 0.25) is 0 Å². The van der Waals surface area contributed by atoms with Gasteiger partial charge >= 0.3 is 0 Å². The fraction of sp³-hybridized carbons (Fsp3) is 0.192. The van der Waals surface area contributed by atoms with E-state index in [4.69, 9.17) is 9.15 Å². The van der Waals surface area contributed by atoms with Crippen LogP contribution in [-0.4, -0.2) is 19.4 Å². The van der Waals surface area contributed by atoms with Crippen molar-refractivity contribution in [3.8, 4) is 17.1 Å². The lowest BCUT2D eigenvalue weighted by Crippen LogP contribution is -2.05. The van der Waals surface area contributed by atoms with Crippen molar-refractivity contribution >= 4 is 22.4 Å². The lowest BCUT2D eigenvalue weighted by atomic mass is 9.97. The third kappa shape index (κ3) is 3.57. The van der Waals surface area contributed by atoms with Crippen molar-refractivity contribution in [2.75, 3.05) is 19.0 Å². The topological polar surface area (TPSA) is 51.5 Å². The lowest BCUT2D eigenvalue weighted by molar-refractivity contribution is 0.104. The van der Waals surface area contributed by atoms with Gasteiger partial charge in [-0.3, -0.25) is 4.79 Å². The Kier molecular flexibility index (Phi) is 4.75. The van der Waals surface area contributed by atoms with E-state index in [2.05, 4.69) is 5.32 Å². The molecule has 0 aliphatic heterocycles. The summed E-state index contributed by atoms with van der Waals surface area (Å²) >= 11 is 0. The van der Waals surface area contributed by atoms with Gasteiger partial charge in [-0.25, -0.2) is 0 Å². The highest BCUT2D eigenvalue weighted by Gasteiger charge is 2.23. The van der Waals surface area contributed by atoms with Gasteiger partial charge in [-0.1, -0.05) is 18.2 Å². The molecule has 1 saturated carbocycles. The predicted molar refractivity (Wildman–Crippen MR) is 119 cm³/mol. The Morgan fingerprint density at radius 3 is 2.43 bits per heavy atom. The second-order valence-electron chi connectivity index (χ2n) is 7.76. The summed E-state index contributed by atoms with van der Waals surface area (Å²) in [7, 11) is 1.63. The smallest absolute Gasteiger partial charge is 0.197 e. The van der Waals surface area contributed by atoms with Crippen molar-refractivity contribution in [2.45, 2.75) is 12.8 Å². The minimum Gasteiger partial charge on any atom is -0.497 e. The van der Waals surface area contributed by atoms with Gasteiger partial charge in [0.1, 0.15) is 17.1 Å². The first-order valence-corrected chi connectivity index (χ1v) is 10.3. The van der Waals surface area contributed by atoms with E-state index in [0.717, 1.165) is 34.8 Å². The van der Waals surface area contributed by atoms with E-state index in [0.29, 0.717) is 22.5 Å². The van der Waals surface area contributed by atoms with E-state index >= 15 is 0 Å². The molecule has 0 spiro atoms. The number of carbonyl (C=O) groups excluding carboxylic acids is 1. The molecule has 0 saturated heterocycles. The zero-order valence-electron chi connectivity index (χ0n) is 16.9. The van der Waals surface area contributed by atoms with Crippen LogP contribution >= 0.6 is 0 Å². The van der Waals surface area contributed by atoms with E-state index in [9.17, 15) is 4.79 Å². The number of furan rings is 1. The van der Waals surface area contributed by atoms with E-state index in [1.807, 2.05) is 72.8 Å². The Morgan fingerprint density at radius 1 is 1.00 bits per heavy atom. The molecule has 150 valence electrons. The maximum absolute atomic E-state index is 13.5. The fourth-order valence-corrected chi connectivity index (χ4v) is 3.68. The minimum absolute atomic E-state index is 0.0421. The quantitative estimate of drug-likeness (QED) is 0.379. The molecular formula is C26H23NO3. The standard InChI is InChI=1S/C26H23NO3/c1-29-21-14-10-19(11-15-21)26-24(22-4-2-3-5-23(22)30-26)25(28)18-8-12-20(13-9-18)27-16-17-6-7-17/h2-5,8-15,17,27H,6-7,16H2,1H3. The highest BCUT2D eigenvalue weighted by Crippen LogP contribution is 2.36. The number of fused-ring (bicyclic) bond motifs is 1. The van der Waals surface area contributed by atoms with Gasteiger partial charge in [-0.05, 0) is 73.4 Å². The number of ether oxygens (including phenoxy) is 1. The normalized spacial score (nSPS) is 13.4. The van der Waals surface area contributed by atoms with Gasteiger partial charge in [0.05, 0.1) is 12.7 Å². The third-order valence-electron chi connectivity index (χ3n) is 5.61. The molecule has 1 fully saturated rings. The molecule has 1 aliphatic rings. The maximum atomic E-state index is 13.5. The lowest BCUT2D eigenvalue weighted by Gasteiger charge is -2.07. The number of nitrogens with one attached hydrogen (secondary N) is 1. The average Bonchev–Trinajstić information content (AvgIpc) is 3.55. The summed E-state index contributed by atoms with van der Waals surface area (Å²) in [5.41, 5.74) is 3.83. The molecular weight excluding hydrogens is 374 g/mol. The predicted octanol–water partition coefficient (Wildman–Crippen LogP) is 6.16. The number of anilines is 1. The van der Waals surface area contributed by atoms with Crippen molar-refractivity contribution in [1.29, 1.82) is 0 Å². The minimum atomic E-state index is -0.0421. The molecule has 0 unspecified atom stereocenters. The van der Waals surface area contributed by atoms with Crippen LogP contribution in [0.1, 0.15) is 28.8 Å². The van der Waals surface area contributed by atoms with E-state index < -0.39 is 0 Å². The first kappa shape index (κ1) is 18.5. The average molecular weight is 397 g/mol. The largest absolute Gasteiger partial charge is 0.497 e. The van der Waals surface area contributed by atoms with Gasteiger partial charge in [0.15, 0.2) is 5.78 Å². The third-order valence-corrected chi connectivity index (χ3v) is 5.61. The van der Waals surface area contributed by atoms with Crippen LogP contribution in [0, 0.1) is 5.92 Å². The summed E-state index contributed by atoms with van der Waals surface area (Å²) < 4.78 is 11.4. The zero-order chi connectivity index (χ0) is 20.5. The molecule has 1 aromatic heterocycles. The van der Waals surface area contributed by atoms with Crippen LogP contribution in [0.4, 0.5) is 5.69 Å². The first-order valence-electron chi connectivity index (χ1n) is 10.3. The molecule has 3 aromatic carbocycles. The molecule has 0 amide bonds. The zero-order valence-corrected chi connectivity index (χ0v) is 16.9. The summed E-state index contributed by atoms with van der Waals surface area (Å²) in [5.74, 6) is 2.10. The van der Waals surface area contributed by atoms with Gasteiger partial charge < -0.3 is 14.5 Å². The van der Waals surface area contributed by atoms with Crippen molar-refractivity contribution in [3.05, 3.63) is 83.9 Å². The highest BCUT2D eigenvalue weighted by atomic mass is 16.5.